The number of aromatic nitrogens is 2. The van der Waals surface area contributed by atoms with Crippen molar-refractivity contribution in [3.05, 3.63) is 34.6 Å². The van der Waals surface area contributed by atoms with Crippen LogP contribution in [0, 0.1) is 0 Å². The molecule has 0 bridgehead atoms. The van der Waals surface area contributed by atoms with Crippen molar-refractivity contribution in [3.63, 3.8) is 0 Å². The number of fused-ring (bicyclic) bond motifs is 1. The van der Waals surface area contributed by atoms with Crippen molar-refractivity contribution in [1.29, 1.82) is 0 Å². The summed E-state index contributed by atoms with van der Waals surface area (Å²) in [5.41, 5.74) is 1.47. The summed E-state index contributed by atoms with van der Waals surface area (Å²) in [5, 5.41) is 0. The molecule has 0 atom stereocenters. The maximum absolute atomic E-state index is 12.5. The normalized spacial score (nSPS) is 11.9. The minimum atomic E-state index is -2.42. The fourth-order valence-corrected chi connectivity index (χ4v) is 3.54. The SMILES string of the molecule is CCP(=O)(CC)c1ccc2[nH]ccc(=O)c2n1. The van der Waals surface area contributed by atoms with E-state index in [-0.39, 0.29) is 5.43 Å². The monoisotopic (exact) mass is 250 g/mol. The fraction of sp³-hybridized carbons (Fsp3) is 0.333. The van der Waals surface area contributed by atoms with Gasteiger partial charge in [0.05, 0.1) is 5.52 Å². The molecule has 0 saturated heterocycles. The highest BCUT2D eigenvalue weighted by Crippen LogP contribution is 2.42. The molecule has 0 fully saturated rings. The highest BCUT2D eigenvalue weighted by atomic mass is 31.2. The molecule has 2 aromatic heterocycles. The van der Waals surface area contributed by atoms with Crippen LogP contribution in [0.4, 0.5) is 0 Å². The van der Waals surface area contributed by atoms with E-state index >= 15 is 0 Å². The van der Waals surface area contributed by atoms with Crippen molar-refractivity contribution in [1.82, 2.24) is 9.97 Å². The minimum Gasteiger partial charge on any atom is -0.360 e. The van der Waals surface area contributed by atoms with Gasteiger partial charge in [0, 0.05) is 24.6 Å². The summed E-state index contributed by atoms with van der Waals surface area (Å²) in [6.45, 7) is 3.79. The van der Waals surface area contributed by atoms with E-state index in [0.29, 0.717) is 28.8 Å². The lowest BCUT2D eigenvalue weighted by Crippen LogP contribution is -2.16. The highest BCUT2D eigenvalue weighted by Gasteiger charge is 2.22. The Kier molecular flexibility index (Phi) is 3.16. The molecule has 0 amide bonds. The first-order chi connectivity index (χ1) is 8.10. The van der Waals surface area contributed by atoms with Gasteiger partial charge in [0.2, 0.25) is 5.43 Å². The molecule has 5 heteroatoms. The number of H-pyrrole nitrogens is 1. The zero-order valence-corrected chi connectivity index (χ0v) is 10.8. The number of nitrogens with one attached hydrogen (secondary N) is 1. The third-order valence-electron chi connectivity index (χ3n) is 3.03. The maximum Gasteiger partial charge on any atom is 0.207 e. The van der Waals surface area contributed by atoms with Crippen LogP contribution in [0.5, 0.6) is 0 Å². The van der Waals surface area contributed by atoms with Gasteiger partial charge in [0.1, 0.15) is 18.1 Å². The molecule has 0 aromatic carbocycles. The van der Waals surface area contributed by atoms with Gasteiger partial charge in [-0.25, -0.2) is 4.98 Å². The Bertz CT molecular complexity index is 640. The molecule has 0 aliphatic heterocycles. The van der Waals surface area contributed by atoms with Crippen molar-refractivity contribution in [2.75, 3.05) is 12.3 Å². The van der Waals surface area contributed by atoms with Crippen LogP contribution in [-0.4, -0.2) is 22.3 Å². The Labute approximate surface area is 99.5 Å². The molecular weight excluding hydrogens is 235 g/mol. The van der Waals surface area contributed by atoms with Gasteiger partial charge < -0.3 is 9.55 Å². The molecule has 2 heterocycles. The summed E-state index contributed by atoms with van der Waals surface area (Å²) in [4.78, 5) is 18.9. The van der Waals surface area contributed by atoms with E-state index < -0.39 is 7.14 Å². The topological polar surface area (TPSA) is 62.8 Å². The summed E-state index contributed by atoms with van der Waals surface area (Å²) in [5.74, 6) is 0. The number of pyridine rings is 2. The van der Waals surface area contributed by atoms with Gasteiger partial charge >= 0.3 is 0 Å². The summed E-state index contributed by atoms with van der Waals surface area (Å²) in [6, 6.07) is 4.96. The second kappa shape index (κ2) is 4.46. The van der Waals surface area contributed by atoms with Crippen molar-refractivity contribution < 1.29 is 4.57 Å². The van der Waals surface area contributed by atoms with Crippen molar-refractivity contribution in [3.8, 4) is 0 Å². The summed E-state index contributed by atoms with van der Waals surface area (Å²) < 4.78 is 12.5. The maximum atomic E-state index is 12.5. The molecule has 0 aliphatic carbocycles. The van der Waals surface area contributed by atoms with E-state index in [9.17, 15) is 9.36 Å². The Balaban J connectivity index is 2.70. The second-order valence-corrected chi connectivity index (χ2v) is 7.43. The molecule has 0 radical (unpaired) electrons. The van der Waals surface area contributed by atoms with Crippen LogP contribution in [0.15, 0.2) is 29.2 Å². The second-order valence-electron chi connectivity index (χ2n) is 3.93. The molecule has 0 unspecified atom stereocenters. The zero-order valence-electron chi connectivity index (χ0n) is 9.93. The van der Waals surface area contributed by atoms with Crippen LogP contribution in [0.1, 0.15) is 13.8 Å². The smallest absolute Gasteiger partial charge is 0.207 e. The molecular formula is C12H15N2O2P. The molecule has 4 nitrogen and oxygen atoms in total. The van der Waals surface area contributed by atoms with Crippen LogP contribution in [-0.2, 0) is 4.57 Å². The average Bonchev–Trinajstić information content (AvgIpc) is 2.38. The number of rotatable bonds is 3. The zero-order chi connectivity index (χ0) is 12.5. The molecule has 0 aliphatic rings. The first-order valence-corrected chi connectivity index (χ1v) is 7.75. The van der Waals surface area contributed by atoms with Gasteiger partial charge in [-0.05, 0) is 12.1 Å². The van der Waals surface area contributed by atoms with Gasteiger partial charge in [0.15, 0.2) is 0 Å². The molecule has 90 valence electrons. The molecule has 2 rings (SSSR count). The number of nitrogens with zero attached hydrogens (tertiary/aromatic N) is 1. The van der Waals surface area contributed by atoms with E-state index in [1.807, 2.05) is 13.8 Å². The van der Waals surface area contributed by atoms with Crippen LogP contribution < -0.4 is 10.9 Å². The molecule has 2 aromatic rings. The van der Waals surface area contributed by atoms with Crippen molar-refractivity contribution in [2.45, 2.75) is 13.8 Å². The Morgan fingerprint density at radius 2 is 1.94 bits per heavy atom. The van der Waals surface area contributed by atoms with Gasteiger partial charge in [-0.1, -0.05) is 13.8 Å². The third-order valence-corrected chi connectivity index (χ3v) is 6.15. The van der Waals surface area contributed by atoms with E-state index in [1.54, 1.807) is 18.3 Å². The third kappa shape index (κ3) is 2.05. The van der Waals surface area contributed by atoms with Gasteiger partial charge in [-0.3, -0.25) is 4.79 Å². The van der Waals surface area contributed by atoms with Crippen LogP contribution in [0.25, 0.3) is 11.0 Å². The number of hydrogen-bond acceptors (Lipinski definition) is 3. The van der Waals surface area contributed by atoms with Gasteiger partial charge in [-0.2, -0.15) is 0 Å². The first-order valence-electron chi connectivity index (χ1n) is 5.68. The predicted octanol–water partition coefficient (Wildman–Crippen LogP) is 1.95. The van der Waals surface area contributed by atoms with Gasteiger partial charge in [-0.15, -0.1) is 0 Å². The Morgan fingerprint density at radius 3 is 2.59 bits per heavy atom. The quantitative estimate of drug-likeness (QED) is 0.847. The summed E-state index contributed by atoms with van der Waals surface area (Å²) >= 11 is 0. The van der Waals surface area contributed by atoms with Crippen molar-refractivity contribution in [2.24, 2.45) is 0 Å². The van der Waals surface area contributed by atoms with E-state index in [1.165, 1.54) is 6.07 Å². The molecule has 17 heavy (non-hydrogen) atoms. The Hall–Kier alpha value is -1.41. The lowest BCUT2D eigenvalue weighted by Gasteiger charge is -2.13. The van der Waals surface area contributed by atoms with Crippen molar-refractivity contribution >= 4 is 23.6 Å². The first kappa shape index (κ1) is 12.1. The van der Waals surface area contributed by atoms with Crippen LogP contribution in [0.3, 0.4) is 0 Å². The molecule has 0 spiro atoms. The highest BCUT2D eigenvalue weighted by molar-refractivity contribution is 7.71. The number of aromatic amines is 1. The number of hydrogen-bond donors (Lipinski definition) is 1. The van der Waals surface area contributed by atoms with Crippen LogP contribution >= 0.6 is 7.14 Å². The molecule has 1 N–H and O–H groups in total. The summed E-state index contributed by atoms with van der Waals surface area (Å²) in [7, 11) is -2.42. The Morgan fingerprint density at radius 1 is 1.24 bits per heavy atom. The molecule has 0 saturated carbocycles. The summed E-state index contributed by atoms with van der Waals surface area (Å²) in [6.07, 6.45) is 2.74. The largest absolute Gasteiger partial charge is 0.360 e. The fourth-order valence-electron chi connectivity index (χ4n) is 1.81. The van der Waals surface area contributed by atoms with Gasteiger partial charge in [0.25, 0.3) is 0 Å². The lowest BCUT2D eigenvalue weighted by molar-refractivity contribution is 0.582. The predicted molar refractivity (Wildman–Crippen MR) is 70.7 cm³/mol. The standard InChI is InChI=1S/C12H15N2O2P/c1-3-17(16,4-2)11-6-5-9-12(14-11)10(15)7-8-13-9/h5-8H,3-4H2,1-2H3,(H,13,15). The van der Waals surface area contributed by atoms with E-state index in [2.05, 4.69) is 9.97 Å². The van der Waals surface area contributed by atoms with E-state index in [0.717, 1.165) is 0 Å². The van der Waals surface area contributed by atoms with E-state index in [4.69, 9.17) is 0 Å². The lowest BCUT2D eigenvalue weighted by atomic mass is 10.3. The average molecular weight is 250 g/mol. The van der Waals surface area contributed by atoms with Crippen LogP contribution in [0.2, 0.25) is 0 Å². The minimum absolute atomic E-state index is 0.139.